The first-order valence-electron chi connectivity index (χ1n) is 8.91. The van der Waals surface area contributed by atoms with Crippen molar-refractivity contribution in [1.82, 2.24) is 5.43 Å². The summed E-state index contributed by atoms with van der Waals surface area (Å²) in [5, 5.41) is 6.29. The zero-order valence-electron chi connectivity index (χ0n) is 15.7. The predicted octanol–water partition coefficient (Wildman–Crippen LogP) is 4.54. The van der Waals surface area contributed by atoms with E-state index in [9.17, 15) is 4.79 Å². The molecule has 0 saturated carbocycles. The van der Waals surface area contributed by atoms with Crippen molar-refractivity contribution in [3.05, 3.63) is 69.3 Å². The highest BCUT2D eigenvalue weighted by atomic mass is 127. The Morgan fingerprint density at radius 3 is 2.75 bits per heavy atom. The summed E-state index contributed by atoms with van der Waals surface area (Å²) >= 11 is 2.19. The van der Waals surface area contributed by atoms with E-state index in [1.165, 1.54) is 0 Å². The van der Waals surface area contributed by atoms with Crippen LogP contribution >= 0.6 is 22.6 Å². The number of nitrogens with zero attached hydrogens (tertiary/aromatic N) is 1. The first-order valence-corrected chi connectivity index (χ1v) is 9.99. The molecule has 0 saturated heterocycles. The van der Waals surface area contributed by atoms with Crippen molar-refractivity contribution in [3.8, 4) is 11.5 Å². The van der Waals surface area contributed by atoms with Crippen LogP contribution in [0.4, 0.5) is 0 Å². The molecular formula is C22H21IN2O3. The van der Waals surface area contributed by atoms with E-state index in [2.05, 4.69) is 33.1 Å². The quantitative estimate of drug-likeness (QED) is 0.302. The molecule has 0 aliphatic carbocycles. The van der Waals surface area contributed by atoms with Gasteiger partial charge in [-0.05, 0) is 63.5 Å². The van der Waals surface area contributed by atoms with Crippen molar-refractivity contribution in [3.63, 3.8) is 0 Å². The van der Waals surface area contributed by atoms with Gasteiger partial charge in [-0.15, -0.1) is 0 Å². The Kier molecular flexibility index (Phi) is 6.86. The van der Waals surface area contributed by atoms with Crippen molar-refractivity contribution in [1.29, 1.82) is 0 Å². The summed E-state index contributed by atoms with van der Waals surface area (Å²) in [4.78, 5) is 12.3. The minimum absolute atomic E-state index is 0.166. The van der Waals surface area contributed by atoms with Gasteiger partial charge in [0.25, 0.3) is 0 Å². The van der Waals surface area contributed by atoms with E-state index in [4.69, 9.17) is 9.47 Å². The van der Waals surface area contributed by atoms with Crippen molar-refractivity contribution >= 4 is 45.5 Å². The monoisotopic (exact) mass is 488 g/mol. The highest BCUT2D eigenvalue weighted by molar-refractivity contribution is 14.1. The predicted molar refractivity (Wildman–Crippen MR) is 120 cm³/mol. The van der Waals surface area contributed by atoms with Gasteiger partial charge in [0.05, 0.1) is 29.9 Å². The van der Waals surface area contributed by atoms with Crippen LogP contribution in [0.5, 0.6) is 11.5 Å². The Morgan fingerprint density at radius 2 is 1.96 bits per heavy atom. The van der Waals surface area contributed by atoms with Gasteiger partial charge in [0.15, 0.2) is 11.5 Å². The number of methoxy groups -OCH3 is 1. The summed E-state index contributed by atoms with van der Waals surface area (Å²) in [7, 11) is 1.61. The van der Waals surface area contributed by atoms with Gasteiger partial charge in [-0.1, -0.05) is 42.5 Å². The Balaban J connectivity index is 1.69. The number of amides is 1. The molecule has 3 rings (SSSR count). The number of benzene rings is 3. The average molecular weight is 488 g/mol. The van der Waals surface area contributed by atoms with Gasteiger partial charge in [0.1, 0.15) is 0 Å². The van der Waals surface area contributed by atoms with Crippen LogP contribution in [0.1, 0.15) is 18.1 Å². The van der Waals surface area contributed by atoms with E-state index in [-0.39, 0.29) is 12.3 Å². The summed E-state index contributed by atoms with van der Waals surface area (Å²) in [6.07, 6.45) is 1.87. The van der Waals surface area contributed by atoms with Crippen LogP contribution in [0.25, 0.3) is 10.8 Å². The lowest BCUT2D eigenvalue weighted by Crippen LogP contribution is -2.19. The lowest BCUT2D eigenvalue weighted by atomic mass is 10.0. The van der Waals surface area contributed by atoms with Gasteiger partial charge in [0.2, 0.25) is 5.91 Å². The molecule has 3 aromatic rings. The Morgan fingerprint density at radius 1 is 1.18 bits per heavy atom. The summed E-state index contributed by atoms with van der Waals surface area (Å²) in [6, 6.07) is 17.7. The highest BCUT2D eigenvalue weighted by Gasteiger charge is 2.10. The maximum atomic E-state index is 12.3. The molecule has 0 atom stereocenters. The second-order valence-corrected chi connectivity index (χ2v) is 7.24. The van der Waals surface area contributed by atoms with Gasteiger partial charge in [-0.25, -0.2) is 5.43 Å². The minimum Gasteiger partial charge on any atom is -0.492 e. The van der Waals surface area contributed by atoms with Gasteiger partial charge in [-0.3, -0.25) is 4.79 Å². The lowest BCUT2D eigenvalue weighted by molar-refractivity contribution is -0.120. The van der Waals surface area contributed by atoms with Gasteiger partial charge < -0.3 is 9.47 Å². The number of rotatable bonds is 7. The average Bonchev–Trinajstić information content (AvgIpc) is 2.68. The fraction of sp³-hybridized carbons (Fsp3) is 0.182. The third-order valence-electron chi connectivity index (χ3n) is 4.17. The number of halogens is 1. The molecular weight excluding hydrogens is 467 g/mol. The maximum Gasteiger partial charge on any atom is 0.244 e. The molecule has 0 bridgehead atoms. The second kappa shape index (κ2) is 9.54. The SMILES string of the molecule is CCOc1cc(C=NNC(=O)Cc2cccc3ccccc23)cc(I)c1OC. The van der Waals surface area contributed by atoms with Gasteiger partial charge in [-0.2, -0.15) is 5.10 Å². The number of hydrogen-bond acceptors (Lipinski definition) is 4. The normalized spacial score (nSPS) is 11.0. The Hall–Kier alpha value is -2.61. The molecule has 0 radical (unpaired) electrons. The largest absolute Gasteiger partial charge is 0.492 e. The van der Waals surface area contributed by atoms with Crippen LogP contribution < -0.4 is 14.9 Å². The molecule has 0 aromatic heterocycles. The lowest BCUT2D eigenvalue weighted by Gasteiger charge is -2.11. The second-order valence-electron chi connectivity index (χ2n) is 6.08. The van der Waals surface area contributed by atoms with Crippen LogP contribution in [0.2, 0.25) is 0 Å². The van der Waals surface area contributed by atoms with Crippen LogP contribution in [-0.2, 0) is 11.2 Å². The van der Waals surface area contributed by atoms with E-state index in [1.807, 2.05) is 61.5 Å². The van der Waals surface area contributed by atoms with E-state index in [1.54, 1.807) is 13.3 Å². The number of carbonyl (C=O) groups excluding carboxylic acids is 1. The number of nitrogens with one attached hydrogen (secondary N) is 1. The third-order valence-corrected chi connectivity index (χ3v) is 4.97. The zero-order valence-corrected chi connectivity index (χ0v) is 17.9. The number of hydrogen-bond donors (Lipinski definition) is 1. The van der Waals surface area contributed by atoms with Crippen LogP contribution in [0.15, 0.2) is 59.7 Å². The first kappa shape index (κ1) is 20.1. The molecule has 0 heterocycles. The van der Waals surface area contributed by atoms with E-state index < -0.39 is 0 Å². The summed E-state index contributed by atoms with van der Waals surface area (Å²) in [5.41, 5.74) is 4.39. The summed E-state index contributed by atoms with van der Waals surface area (Å²) < 4.78 is 11.9. The molecule has 3 aromatic carbocycles. The number of carbonyl (C=O) groups is 1. The van der Waals surface area contributed by atoms with Gasteiger partial charge in [0, 0.05) is 0 Å². The number of hydrazone groups is 1. The van der Waals surface area contributed by atoms with Crippen molar-refractivity contribution < 1.29 is 14.3 Å². The number of fused-ring (bicyclic) bond motifs is 1. The van der Waals surface area contributed by atoms with Crippen LogP contribution in [0.3, 0.4) is 0 Å². The fourth-order valence-corrected chi connectivity index (χ4v) is 3.81. The number of ether oxygens (including phenoxy) is 2. The highest BCUT2D eigenvalue weighted by Crippen LogP contribution is 2.33. The van der Waals surface area contributed by atoms with Crippen molar-refractivity contribution in [2.75, 3.05) is 13.7 Å². The summed E-state index contributed by atoms with van der Waals surface area (Å²) in [5.74, 6) is 1.18. The third kappa shape index (κ3) is 4.81. The molecule has 144 valence electrons. The molecule has 28 heavy (non-hydrogen) atoms. The minimum atomic E-state index is -0.166. The summed E-state index contributed by atoms with van der Waals surface area (Å²) in [6.45, 7) is 2.45. The molecule has 1 N–H and O–H groups in total. The fourth-order valence-electron chi connectivity index (χ4n) is 2.96. The molecule has 5 nitrogen and oxygen atoms in total. The van der Waals surface area contributed by atoms with Crippen molar-refractivity contribution in [2.24, 2.45) is 5.10 Å². The molecule has 0 aliphatic heterocycles. The Labute approximate surface area is 177 Å². The molecule has 0 spiro atoms. The molecule has 1 amide bonds. The smallest absolute Gasteiger partial charge is 0.244 e. The first-order chi connectivity index (χ1) is 13.6. The topological polar surface area (TPSA) is 59.9 Å². The zero-order chi connectivity index (χ0) is 19.9. The molecule has 6 heteroatoms. The van der Waals surface area contributed by atoms with E-state index >= 15 is 0 Å². The van der Waals surface area contributed by atoms with E-state index in [0.717, 1.165) is 25.5 Å². The van der Waals surface area contributed by atoms with E-state index in [0.29, 0.717) is 18.1 Å². The van der Waals surface area contributed by atoms with Crippen LogP contribution in [0, 0.1) is 3.57 Å². The van der Waals surface area contributed by atoms with Gasteiger partial charge >= 0.3 is 0 Å². The Bertz CT molecular complexity index is 1010. The standard InChI is InChI=1S/C22H21IN2O3/c1-3-28-20-12-15(11-19(23)22(20)27-2)14-24-25-21(26)13-17-9-6-8-16-7-4-5-10-18(16)17/h4-12,14H,3,13H2,1-2H3,(H,25,26). The molecule has 0 unspecified atom stereocenters. The van der Waals surface area contributed by atoms with Crippen molar-refractivity contribution in [2.45, 2.75) is 13.3 Å². The van der Waals surface area contributed by atoms with Crippen LogP contribution in [-0.4, -0.2) is 25.8 Å². The molecule has 0 aliphatic rings. The maximum absolute atomic E-state index is 12.3. The molecule has 0 fully saturated rings.